The number of rotatable bonds is 6. The molecule has 1 amide bonds. The maximum atomic E-state index is 12.8. The summed E-state index contributed by atoms with van der Waals surface area (Å²) in [6.07, 6.45) is 5.74. The Kier molecular flexibility index (Phi) is 7.37. The predicted molar refractivity (Wildman–Crippen MR) is 135 cm³/mol. The Labute approximate surface area is 196 Å². The van der Waals surface area contributed by atoms with E-state index in [2.05, 4.69) is 56.1 Å². The molecule has 4 nitrogen and oxygen atoms in total. The van der Waals surface area contributed by atoms with Crippen LogP contribution in [0.15, 0.2) is 51.2 Å². The summed E-state index contributed by atoms with van der Waals surface area (Å²) in [6.45, 7) is 10.7. The number of aryl methyl sites for hydroxylation is 1. The average Bonchev–Trinajstić information content (AvgIpc) is 2.93. The Balaban J connectivity index is 1.42. The zero-order valence-corrected chi connectivity index (χ0v) is 20.6. The van der Waals surface area contributed by atoms with Crippen LogP contribution in [-0.4, -0.2) is 41.7 Å². The molecule has 1 N–H and O–H groups in total. The van der Waals surface area contributed by atoms with Crippen molar-refractivity contribution in [3.8, 4) is 0 Å². The highest BCUT2D eigenvalue weighted by molar-refractivity contribution is 7.99. The Morgan fingerprint density at radius 1 is 1.12 bits per heavy atom. The molecule has 2 atom stereocenters. The molecule has 0 saturated carbocycles. The lowest BCUT2D eigenvalue weighted by Gasteiger charge is -2.39. The molecular weight excluding hydrogens is 414 g/mol. The third-order valence-electron chi connectivity index (χ3n) is 6.73. The number of carbonyl (C=O) groups is 1. The van der Waals surface area contributed by atoms with E-state index in [0.717, 1.165) is 35.7 Å². The van der Waals surface area contributed by atoms with Crippen LogP contribution in [0.5, 0.6) is 0 Å². The highest BCUT2D eigenvalue weighted by Gasteiger charge is 2.24. The zero-order chi connectivity index (χ0) is 22.7. The van der Waals surface area contributed by atoms with Crippen molar-refractivity contribution in [2.45, 2.75) is 81.7 Å². The van der Waals surface area contributed by atoms with Crippen molar-refractivity contribution in [2.75, 3.05) is 13.1 Å². The van der Waals surface area contributed by atoms with Crippen molar-refractivity contribution in [3.63, 3.8) is 0 Å². The first-order chi connectivity index (χ1) is 15.5. The van der Waals surface area contributed by atoms with Crippen LogP contribution in [-0.2, 0) is 0 Å². The van der Waals surface area contributed by atoms with E-state index in [1.165, 1.54) is 35.3 Å². The molecule has 170 valence electrons. The smallest absolute Gasteiger partial charge is 0.251 e. The fourth-order valence-corrected chi connectivity index (χ4v) is 5.87. The molecule has 1 fully saturated rings. The molecule has 0 bridgehead atoms. The zero-order valence-electron chi connectivity index (χ0n) is 19.8. The minimum absolute atomic E-state index is 0.0107. The minimum Gasteiger partial charge on any atom is -0.352 e. The van der Waals surface area contributed by atoms with Gasteiger partial charge in [0.05, 0.1) is 5.69 Å². The van der Waals surface area contributed by atoms with E-state index in [1.54, 1.807) is 11.8 Å². The lowest BCUT2D eigenvalue weighted by atomic mass is 9.97. The lowest BCUT2D eigenvalue weighted by Crippen LogP contribution is -2.44. The molecular formula is C27H35N3OS. The van der Waals surface area contributed by atoms with Crippen molar-refractivity contribution < 1.29 is 4.79 Å². The molecule has 2 aromatic carbocycles. The molecule has 4 rings (SSSR count). The van der Waals surface area contributed by atoms with Crippen molar-refractivity contribution in [3.05, 3.63) is 53.1 Å². The maximum Gasteiger partial charge on any atom is 0.251 e. The van der Waals surface area contributed by atoms with Crippen LogP contribution in [0.25, 0.3) is 0 Å². The highest BCUT2D eigenvalue weighted by atomic mass is 32.2. The van der Waals surface area contributed by atoms with Gasteiger partial charge in [-0.3, -0.25) is 14.7 Å². The predicted octanol–water partition coefficient (Wildman–Crippen LogP) is 6.37. The van der Waals surface area contributed by atoms with Gasteiger partial charge in [0.2, 0.25) is 0 Å². The topological polar surface area (TPSA) is 44.7 Å². The molecule has 32 heavy (non-hydrogen) atoms. The standard InChI is InChI=1S/C27H35N3OS/c1-5-23-22-16-18(2)10-12-25(22)32-26-13-11-21(17-24(26)29-23)27(31)28-14-7-15-30-19(3)8-6-9-20(30)4/h10-13,16-17,19-20H,5-9,14-15H2,1-4H3,(H,28,31)/t19-,20-/m0/s1. The summed E-state index contributed by atoms with van der Waals surface area (Å²) >= 11 is 1.74. The Morgan fingerprint density at radius 2 is 1.88 bits per heavy atom. The second-order valence-corrected chi connectivity index (χ2v) is 10.3. The van der Waals surface area contributed by atoms with Gasteiger partial charge in [-0.2, -0.15) is 0 Å². The van der Waals surface area contributed by atoms with Crippen molar-refractivity contribution in [2.24, 2.45) is 4.99 Å². The van der Waals surface area contributed by atoms with Crippen LogP contribution in [0.2, 0.25) is 0 Å². The first-order valence-corrected chi connectivity index (χ1v) is 12.8. The summed E-state index contributed by atoms with van der Waals surface area (Å²) in [4.78, 5) is 22.7. The minimum atomic E-state index is -0.0107. The maximum absolute atomic E-state index is 12.8. The van der Waals surface area contributed by atoms with E-state index in [0.29, 0.717) is 24.2 Å². The molecule has 5 heteroatoms. The van der Waals surface area contributed by atoms with Crippen molar-refractivity contribution in [1.29, 1.82) is 0 Å². The van der Waals surface area contributed by atoms with Crippen molar-refractivity contribution in [1.82, 2.24) is 10.2 Å². The van der Waals surface area contributed by atoms with E-state index in [-0.39, 0.29) is 5.91 Å². The fraction of sp³-hybridized carbons (Fsp3) is 0.481. The fourth-order valence-electron chi connectivity index (χ4n) is 4.87. The number of hydrogen-bond donors (Lipinski definition) is 1. The second kappa shape index (κ2) is 10.2. The number of fused-ring (bicyclic) bond motifs is 2. The van der Waals surface area contributed by atoms with E-state index in [9.17, 15) is 4.79 Å². The van der Waals surface area contributed by atoms with E-state index in [4.69, 9.17) is 4.99 Å². The summed E-state index contributed by atoms with van der Waals surface area (Å²) in [5.74, 6) is -0.0107. The number of nitrogens with zero attached hydrogens (tertiary/aromatic N) is 2. The van der Waals surface area contributed by atoms with Gasteiger partial charge in [0.25, 0.3) is 5.91 Å². The molecule has 2 heterocycles. The number of hydrogen-bond acceptors (Lipinski definition) is 4. The summed E-state index contributed by atoms with van der Waals surface area (Å²) < 4.78 is 0. The molecule has 2 aliphatic rings. The molecule has 2 aliphatic heterocycles. The number of likely N-dealkylation sites (tertiary alicyclic amines) is 1. The monoisotopic (exact) mass is 449 g/mol. The summed E-state index contributed by atoms with van der Waals surface area (Å²) in [7, 11) is 0. The van der Waals surface area contributed by atoms with E-state index < -0.39 is 0 Å². The van der Waals surface area contributed by atoms with Crippen LogP contribution in [0, 0.1) is 6.92 Å². The van der Waals surface area contributed by atoms with Gasteiger partial charge in [-0.05, 0) is 76.8 Å². The number of carbonyl (C=O) groups excluding carboxylic acids is 1. The first-order valence-electron chi connectivity index (χ1n) is 12.0. The Hall–Kier alpha value is -2.11. The highest BCUT2D eigenvalue weighted by Crippen LogP contribution is 2.41. The van der Waals surface area contributed by atoms with E-state index in [1.807, 2.05) is 18.2 Å². The van der Waals surface area contributed by atoms with Crippen LogP contribution < -0.4 is 5.32 Å². The third-order valence-corrected chi connectivity index (χ3v) is 7.87. The van der Waals surface area contributed by atoms with Gasteiger partial charge in [-0.1, -0.05) is 36.7 Å². The number of benzene rings is 2. The summed E-state index contributed by atoms with van der Waals surface area (Å²) in [5.41, 5.74) is 5.11. The number of amides is 1. The Bertz CT molecular complexity index is 1010. The lowest BCUT2D eigenvalue weighted by molar-refractivity contribution is 0.0925. The van der Waals surface area contributed by atoms with Crippen LogP contribution in [0.1, 0.15) is 74.4 Å². The summed E-state index contributed by atoms with van der Waals surface area (Å²) in [6, 6.07) is 13.8. The molecule has 0 spiro atoms. The van der Waals surface area contributed by atoms with Gasteiger partial charge in [0.15, 0.2) is 0 Å². The van der Waals surface area contributed by atoms with Crippen LogP contribution in [0.4, 0.5) is 5.69 Å². The SMILES string of the molecule is CCC1=Nc2cc(C(=O)NCCCN3[C@@H](C)CCC[C@@H]3C)ccc2Sc2ccc(C)cc21. The van der Waals surface area contributed by atoms with Gasteiger partial charge in [0, 0.05) is 51.8 Å². The molecule has 2 aromatic rings. The van der Waals surface area contributed by atoms with Gasteiger partial charge in [-0.15, -0.1) is 0 Å². The van der Waals surface area contributed by atoms with Crippen molar-refractivity contribution >= 4 is 29.1 Å². The average molecular weight is 450 g/mol. The number of piperidine rings is 1. The van der Waals surface area contributed by atoms with Gasteiger partial charge in [-0.25, -0.2) is 0 Å². The van der Waals surface area contributed by atoms with E-state index >= 15 is 0 Å². The largest absolute Gasteiger partial charge is 0.352 e. The summed E-state index contributed by atoms with van der Waals surface area (Å²) in [5, 5.41) is 3.12. The first kappa shape index (κ1) is 23.1. The third kappa shape index (κ3) is 5.10. The second-order valence-electron chi connectivity index (χ2n) is 9.17. The van der Waals surface area contributed by atoms with Gasteiger partial charge in [0.1, 0.15) is 0 Å². The van der Waals surface area contributed by atoms with Crippen LogP contribution >= 0.6 is 11.8 Å². The van der Waals surface area contributed by atoms with Gasteiger partial charge >= 0.3 is 0 Å². The number of aliphatic imine (C=N–C) groups is 1. The normalized spacial score (nSPS) is 20.7. The quantitative estimate of drug-likeness (QED) is 0.521. The van der Waals surface area contributed by atoms with Gasteiger partial charge < -0.3 is 5.32 Å². The molecule has 0 unspecified atom stereocenters. The number of nitrogens with one attached hydrogen (secondary N) is 1. The van der Waals surface area contributed by atoms with Crippen LogP contribution in [0.3, 0.4) is 0 Å². The molecule has 0 aromatic heterocycles. The molecule has 1 saturated heterocycles. The molecule has 0 radical (unpaired) electrons. The molecule has 0 aliphatic carbocycles. The Morgan fingerprint density at radius 3 is 2.62 bits per heavy atom.